The van der Waals surface area contributed by atoms with Crippen LogP contribution in [0.2, 0.25) is 0 Å². The Kier molecular flexibility index (Phi) is 4.92. The van der Waals surface area contributed by atoms with E-state index in [1.165, 1.54) is 7.05 Å². The number of ether oxygens (including phenoxy) is 1. The molecule has 0 heterocycles. The van der Waals surface area contributed by atoms with Crippen molar-refractivity contribution in [3.05, 3.63) is 70.8 Å². The first-order chi connectivity index (χ1) is 14.0. The zero-order valence-electron chi connectivity index (χ0n) is 16.5. The Balaban J connectivity index is 2.04. The summed E-state index contributed by atoms with van der Waals surface area (Å²) in [6.45, 7) is 1.82. The van der Waals surface area contributed by atoms with Crippen molar-refractivity contribution >= 4 is 11.9 Å². The molecule has 2 aromatic rings. The minimum absolute atomic E-state index is 0.0198. The smallest absolute Gasteiger partial charge is 0.311 e. The summed E-state index contributed by atoms with van der Waals surface area (Å²) < 4.78 is 6.35. The number of amides is 1. The zero-order chi connectivity index (χ0) is 20.8. The number of hydrogen-bond donors (Lipinski definition) is 3. The normalized spacial score (nSPS) is 27.6. The van der Waals surface area contributed by atoms with Crippen molar-refractivity contribution in [1.29, 1.82) is 0 Å². The number of aliphatic carboxylic acids is 1. The lowest BCUT2D eigenvalue weighted by molar-refractivity contribution is -0.173. The fourth-order valence-corrected chi connectivity index (χ4v) is 5.08. The molecule has 6 nitrogen and oxygen atoms in total. The monoisotopic (exact) mass is 395 g/mol. The molecule has 3 aliphatic carbocycles. The minimum atomic E-state index is -1.35. The molecule has 0 spiro atoms. The maximum absolute atomic E-state index is 12.9. The quantitative estimate of drug-likeness (QED) is 0.697. The van der Waals surface area contributed by atoms with Crippen LogP contribution < -0.4 is 5.32 Å². The molecule has 0 aliphatic heterocycles. The summed E-state index contributed by atoms with van der Waals surface area (Å²) in [6.07, 6.45) is -0.241. The summed E-state index contributed by atoms with van der Waals surface area (Å²) in [4.78, 5) is 25.5. The molecule has 6 heteroatoms. The van der Waals surface area contributed by atoms with Crippen molar-refractivity contribution in [1.82, 2.24) is 5.32 Å². The molecule has 3 atom stereocenters. The SMILES string of the molecule is CCC(O)COC12c3ccccc3C(c3ccccc31)C(C(=O)NC)C2C(=O)O. The number of nitrogens with one attached hydrogen (secondary N) is 1. The Bertz CT molecular complexity index is 908. The first kappa shape index (κ1) is 19.6. The van der Waals surface area contributed by atoms with Gasteiger partial charge in [0.25, 0.3) is 0 Å². The van der Waals surface area contributed by atoms with E-state index in [4.69, 9.17) is 4.74 Å². The average molecular weight is 395 g/mol. The Morgan fingerprint density at radius 2 is 1.66 bits per heavy atom. The molecule has 0 fully saturated rings. The Morgan fingerprint density at radius 3 is 2.14 bits per heavy atom. The second-order valence-electron chi connectivity index (χ2n) is 7.72. The lowest BCUT2D eigenvalue weighted by Gasteiger charge is -2.55. The van der Waals surface area contributed by atoms with Crippen LogP contribution in [0, 0.1) is 11.8 Å². The Labute approximate surface area is 169 Å². The van der Waals surface area contributed by atoms with Gasteiger partial charge in [0.1, 0.15) is 11.5 Å². The van der Waals surface area contributed by atoms with E-state index in [-0.39, 0.29) is 18.4 Å². The molecule has 29 heavy (non-hydrogen) atoms. The molecule has 3 N–H and O–H groups in total. The fraction of sp³-hybridized carbons (Fsp3) is 0.391. The predicted molar refractivity (Wildman–Crippen MR) is 106 cm³/mol. The van der Waals surface area contributed by atoms with Crippen molar-refractivity contribution in [3.63, 3.8) is 0 Å². The van der Waals surface area contributed by atoms with Crippen LogP contribution in [-0.4, -0.2) is 41.8 Å². The number of fused-ring (bicyclic) bond motifs is 1. The van der Waals surface area contributed by atoms with E-state index in [0.29, 0.717) is 6.42 Å². The summed E-state index contributed by atoms with van der Waals surface area (Å²) in [7, 11) is 1.52. The zero-order valence-corrected chi connectivity index (χ0v) is 16.5. The molecule has 0 radical (unpaired) electrons. The molecular formula is C23H25NO5. The highest BCUT2D eigenvalue weighted by Crippen LogP contribution is 2.62. The molecule has 0 saturated heterocycles. The van der Waals surface area contributed by atoms with E-state index < -0.39 is 29.5 Å². The molecular weight excluding hydrogens is 370 g/mol. The summed E-state index contributed by atoms with van der Waals surface area (Å²) in [5, 5.41) is 23.1. The van der Waals surface area contributed by atoms with Gasteiger partial charge >= 0.3 is 5.97 Å². The van der Waals surface area contributed by atoms with Gasteiger partial charge in [-0.1, -0.05) is 55.5 Å². The molecule has 0 aromatic heterocycles. The van der Waals surface area contributed by atoms with Crippen LogP contribution >= 0.6 is 0 Å². The number of hydrogen-bond acceptors (Lipinski definition) is 4. The van der Waals surface area contributed by atoms with Gasteiger partial charge in [-0.25, -0.2) is 0 Å². The number of carbonyl (C=O) groups excluding carboxylic acids is 1. The van der Waals surface area contributed by atoms with Gasteiger partial charge in [-0.15, -0.1) is 0 Å². The lowest BCUT2D eigenvalue weighted by Crippen LogP contribution is -2.60. The van der Waals surface area contributed by atoms with Crippen LogP contribution in [0.4, 0.5) is 0 Å². The number of carboxylic acids is 1. The molecule has 3 aliphatic rings. The highest BCUT2D eigenvalue weighted by atomic mass is 16.5. The van der Waals surface area contributed by atoms with E-state index >= 15 is 0 Å². The van der Waals surface area contributed by atoms with E-state index in [0.717, 1.165) is 22.3 Å². The lowest BCUT2D eigenvalue weighted by atomic mass is 9.51. The molecule has 152 valence electrons. The third-order valence-corrected chi connectivity index (χ3v) is 6.34. The van der Waals surface area contributed by atoms with Crippen LogP contribution in [0.3, 0.4) is 0 Å². The first-order valence-corrected chi connectivity index (χ1v) is 9.92. The van der Waals surface area contributed by atoms with Crippen LogP contribution in [-0.2, 0) is 19.9 Å². The van der Waals surface area contributed by atoms with E-state index in [9.17, 15) is 19.8 Å². The van der Waals surface area contributed by atoms with E-state index in [2.05, 4.69) is 5.32 Å². The van der Waals surface area contributed by atoms with Crippen LogP contribution in [0.1, 0.15) is 41.5 Å². The number of aliphatic hydroxyl groups excluding tert-OH is 1. The van der Waals surface area contributed by atoms with Crippen molar-refractivity contribution in [2.24, 2.45) is 11.8 Å². The second kappa shape index (κ2) is 7.28. The van der Waals surface area contributed by atoms with Crippen LogP contribution in [0.15, 0.2) is 48.5 Å². The number of carbonyl (C=O) groups is 2. The fourth-order valence-electron chi connectivity index (χ4n) is 5.08. The van der Waals surface area contributed by atoms with Gasteiger partial charge in [0.15, 0.2) is 0 Å². The van der Waals surface area contributed by atoms with Gasteiger partial charge in [-0.2, -0.15) is 0 Å². The Morgan fingerprint density at radius 1 is 1.10 bits per heavy atom. The summed E-state index contributed by atoms with van der Waals surface area (Å²) in [5.41, 5.74) is 1.99. The largest absolute Gasteiger partial charge is 0.481 e. The third kappa shape index (κ3) is 2.70. The van der Waals surface area contributed by atoms with Crippen molar-refractivity contribution in [2.45, 2.75) is 31.0 Å². The van der Waals surface area contributed by atoms with Gasteiger partial charge in [0.05, 0.1) is 18.6 Å². The molecule has 5 rings (SSSR count). The van der Waals surface area contributed by atoms with Gasteiger partial charge in [-0.05, 0) is 28.7 Å². The van der Waals surface area contributed by atoms with Crippen LogP contribution in [0.25, 0.3) is 0 Å². The molecule has 2 bridgehead atoms. The van der Waals surface area contributed by atoms with Gasteiger partial charge < -0.3 is 20.3 Å². The molecule has 2 aromatic carbocycles. The van der Waals surface area contributed by atoms with E-state index in [1.807, 2.05) is 55.5 Å². The number of benzene rings is 2. The first-order valence-electron chi connectivity index (χ1n) is 9.92. The van der Waals surface area contributed by atoms with Crippen LogP contribution in [0.5, 0.6) is 0 Å². The second-order valence-corrected chi connectivity index (χ2v) is 7.72. The average Bonchev–Trinajstić information content (AvgIpc) is 2.76. The summed E-state index contributed by atoms with van der Waals surface area (Å²) in [6, 6.07) is 15.2. The topological polar surface area (TPSA) is 95.9 Å². The van der Waals surface area contributed by atoms with Gasteiger partial charge in [0.2, 0.25) is 5.91 Å². The molecule has 1 amide bonds. The third-order valence-electron chi connectivity index (χ3n) is 6.34. The van der Waals surface area contributed by atoms with Crippen molar-refractivity contribution < 1.29 is 24.5 Å². The van der Waals surface area contributed by atoms with Crippen molar-refractivity contribution in [3.8, 4) is 0 Å². The van der Waals surface area contributed by atoms with Gasteiger partial charge in [0, 0.05) is 13.0 Å². The molecule has 3 unspecified atom stereocenters. The molecule has 0 saturated carbocycles. The highest BCUT2D eigenvalue weighted by Gasteiger charge is 2.64. The highest BCUT2D eigenvalue weighted by molar-refractivity contribution is 5.90. The minimum Gasteiger partial charge on any atom is -0.481 e. The number of aliphatic hydroxyl groups is 1. The number of carboxylic acid groups (broad SMARTS) is 1. The standard InChI is InChI=1S/C23H25NO5/c1-3-13(25)12-29-23-16-10-6-4-8-14(16)18(15-9-5-7-11-17(15)23)19(21(26)24-2)20(23)22(27)28/h4-11,13,18-20,25H,3,12H2,1-2H3,(H,24,26)(H,27,28). The van der Waals surface area contributed by atoms with Gasteiger partial charge in [-0.3, -0.25) is 9.59 Å². The maximum Gasteiger partial charge on any atom is 0.311 e. The summed E-state index contributed by atoms with van der Waals surface area (Å²) in [5.74, 6) is -3.71. The van der Waals surface area contributed by atoms with Crippen molar-refractivity contribution in [2.75, 3.05) is 13.7 Å². The predicted octanol–water partition coefficient (Wildman–Crippen LogP) is 2.24. The summed E-state index contributed by atoms with van der Waals surface area (Å²) >= 11 is 0. The van der Waals surface area contributed by atoms with E-state index in [1.54, 1.807) is 0 Å². The maximum atomic E-state index is 12.9. The Hall–Kier alpha value is -2.70. The number of rotatable bonds is 6.